The summed E-state index contributed by atoms with van der Waals surface area (Å²) in [4.78, 5) is 5.08. The Hall–Kier alpha value is -0.120. The number of hydrogen-bond acceptors (Lipinski definition) is 3. The molecule has 0 amide bonds. The highest BCUT2D eigenvalue weighted by Crippen LogP contribution is 2.32. The van der Waals surface area contributed by atoms with Crippen LogP contribution in [0.1, 0.15) is 12.8 Å². The van der Waals surface area contributed by atoms with Gasteiger partial charge >= 0.3 is 0 Å². The average molecular weight is 195 g/mol. The summed E-state index contributed by atoms with van der Waals surface area (Å²) in [5.74, 6) is 1.08. The van der Waals surface area contributed by atoms with Crippen LogP contribution in [-0.4, -0.2) is 61.7 Å². The zero-order valence-electron chi connectivity index (χ0n) is 8.91. The molecule has 6 rings (SSSR count). The van der Waals surface area contributed by atoms with Gasteiger partial charge in [-0.1, -0.05) is 0 Å². The Morgan fingerprint density at radius 1 is 0.786 bits per heavy atom. The molecule has 3 nitrogen and oxygen atoms in total. The van der Waals surface area contributed by atoms with Gasteiger partial charge in [-0.05, 0) is 25.3 Å². The second kappa shape index (κ2) is 3.80. The van der Waals surface area contributed by atoms with Crippen LogP contribution in [0.25, 0.3) is 0 Å². The van der Waals surface area contributed by atoms with Gasteiger partial charge in [0.1, 0.15) is 0 Å². The predicted octanol–water partition coefficient (Wildman–Crippen LogP) is -0.0142. The van der Waals surface area contributed by atoms with Crippen LogP contribution in [0.15, 0.2) is 0 Å². The SMILES string of the molecule is C1CN2CCN1CC2.C1NC2CC1C2. The first-order chi connectivity index (χ1) is 6.90. The number of nitrogens with zero attached hydrogens (tertiary/aromatic N) is 2. The van der Waals surface area contributed by atoms with Crippen molar-refractivity contribution >= 4 is 0 Å². The summed E-state index contributed by atoms with van der Waals surface area (Å²) in [7, 11) is 0. The lowest BCUT2D eigenvalue weighted by molar-refractivity contribution is 0.0647. The van der Waals surface area contributed by atoms with Crippen molar-refractivity contribution < 1.29 is 0 Å². The first-order valence-electron chi connectivity index (χ1n) is 6.08. The number of fused-ring (bicyclic) bond motifs is 4. The molecule has 5 saturated heterocycles. The fourth-order valence-corrected chi connectivity index (χ4v) is 2.92. The van der Waals surface area contributed by atoms with E-state index < -0.39 is 0 Å². The van der Waals surface area contributed by atoms with Crippen LogP contribution in [0.3, 0.4) is 0 Å². The van der Waals surface area contributed by atoms with Crippen molar-refractivity contribution in [2.75, 3.05) is 45.8 Å². The zero-order valence-corrected chi connectivity index (χ0v) is 8.91. The molecular formula is C11H21N3. The molecule has 0 unspecified atom stereocenters. The van der Waals surface area contributed by atoms with Crippen LogP contribution in [0.2, 0.25) is 0 Å². The molecule has 1 aliphatic carbocycles. The summed E-state index contributed by atoms with van der Waals surface area (Å²) in [6.07, 6.45) is 2.94. The van der Waals surface area contributed by atoms with Crippen molar-refractivity contribution in [3.63, 3.8) is 0 Å². The third-order valence-electron chi connectivity index (χ3n) is 4.13. The second-order valence-corrected chi connectivity index (χ2v) is 5.13. The standard InChI is InChI=1S/C6H12N2.C5H9N/c1-2-8-5-3-7(1)4-6-8;1-4-2-5(1)6-3-4/h1-6H2;4-6H,1-3H2. The monoisotopic (exact) mass is 195 g/mol. The van der Waals surface area contributed by atoms with Gasteiger partial charge in [0.15, 0.2) is 0 Å². The fourth-order valence-electron chi connectivity index (χ4n) is 2.92. The fraction of sp³-hybridized carbons (Fsp3) is 1.00. The van der Waals surface area contributed by atoms with Crippen molar-refractivity contribution in [2.45, 2.75) is 18.9 Å². The van der Waals surface area contributed by atoms with Crippen LogP contribution < -0.4 is 5.32 Å². The van der Waals surface area contributed by atoms with Gasteiger partial charge in [-0.15, -0.1) is 0 Å². The van der Waals surface area contributed by atoms with E-state index in [1.807, 2.05) is 0 Å². The number of hydrogen-bond donors (Lipinski definition) is 1. The van der Waals surface area contributed by atoms with E-state index in [1.165, 1.54) is 58.7 Å². The minimum absolute atomic E-state index is 0.940. The third kappa shape index (κ3) is 1.81. The molecule has 0 atom stereocenters. The van der Waals surface area contributed by atoms with Gasteiger partial charge in [-0.25, -0.2) is 0 Å². The molecule has 0 radical (unpaired) electrons. The Bertz CT molecular complexity index is 156. The van der Waals surface area contributed by atoms with Crippen LogP contribution >= 0.6 is 0 Å². The predicted molar refractivity (Wildman–Crippen MR) is 57.4 cm³/mol. The molecule has 3 heteroatoms. The quantitative estimate of drug-likeness (QED) is 0.586. The maximum absolute atomic E-state index is 3.39. The minimum Gasteiger partial charge on any atom is -0.314 e. The topological polar surface area (TPSA) is 18.5 Å². The van der Waals surface area contributed by atoms with Crippen molar-refractivity contribution in [2.24, 2.45) is 5.92 Å². The van der Waals surface area contributed by atoms with Crippen LogP contribution in [0, 0.1) is 5.92 Å². The highest BCUT2D eigenvalue weighted by Gasteiger charge is 2.35. The number of piperazine rings is 3. The maximum Gasteiger partial charge on any atom is 0.0110 e. The molecule has 6 fully saturated rings. The molecule has 0 spiro atoms. The molecule has 5 heterocycles. The summed E-state index contributed by atoms with van der Waals surface area (Å²) < 4.78 is 0. The van der Waals surface area contributed by atoms with Gasteiger partial charge in [0, 0.05) is 45.3 Å². The second-order valence-electron chi connectivity index (χ2n) is 5.13. The number of nitrogens with one attached hydrogen (secondary N) is 1. The summed E-state index contributed by atoms with van der Waals surface area (Å²) in [5.41, 5.74) is 0. The van der Waals surface area contributed by atoms with Crippen molar-refractivity contribution in [3.8, 4) is 0 Å². The first kappa shape index (κ1) is 9.13. The Morgan fingerprint density at radius 2 is 1.29 bits per heavy atom. The van der Waals surface area contributed by atoms with E-state index in [0.29, 0.717) is 0 Å². The Morgan fingerprint density at radius 3 is 1.43 bits per heavy atom. The van der Waals surface area contributed by atoms with Crippen molar-refractivity contribution in [1.82, 2.24) is 15.1 Å². The largest absolute Gasteiger partial charge is 0.314 e. The molecule has 4 bridgehead atoms. The Balaban J connectivity index is 0.0000000950. The van der Waals surface area contributed by atoms with Crippen LogP contribution in [0.4, 0.5) is 0 Å². The van der Waals surface area contributed by atoms with Crippen molar-refractivity contribution in [3.05, 3.63) is 0 Å². The van der Waals surface area contributed by atoms with E-state index in [2.05, 4.69) is 15.1 Å². The smallest absolute Gasteiger partial charge is 0.0110 e. The van der Waals surface area contributed by atoms with E-state index in [4.69, 9.17) is 0 Å². The molecule has 0 aromatic carbocycles. The first-order valence-corrected chi connectivity index (χ1v) is 6.08. The van der Waals surface area contributed by atoms with Gasteiger partial charge < -0.3 is 5.32 Å². The molecule has 1 N–H and O–H groups in total. The van der Waals surface area contributed by atoms with Gasteiger partial charge in [0.25, 0.3) is 0 Å². The van der Waals surface area contributed by atoms with Crippen LogP contribution in [-0.2, 0) is 0 Å². The van der Waals surface area contributed by atoms with Gasteiger partial charge in [-0.3, -0.25) is 9.80 Å². The molecular weight excluding hydrogens is 174 g/mol. The van der Waals surface area contributed by atoms with Gasteiger partial charge in [-0.2, -0.15) is 0 Å². The lowest BCUT2D eigenvalue weighted by Crippen LogP contribution is -2.55. The van der Waals surface area contributed by atoms with E-state index in [-0.39, 0.29) is 0 Å². The molecule has 0 aromatic rings. The van der Waals surface area contributed by atoms with Gasteiger partial charge in [0.05, 0.1) is 0 Å². The lowest BCUT2D eigenvalue weighted by Gasteiger charge is -2.41. The van der Waals surface area contributed by atoms with Crippen LogP contribution in [0.5, 0.6) is 0 Å². The van der Waals surface area contributed by atoms with Gasteiger partial charge in [0.2, 0.25) is 0 Å². The molecule has 80 valence electrons. The van der Waals surface area contributed by atoms with E-state index in [9.17, 15) is 0 Å². The average Bonchev–Trinajstić information content (AvgIpc) is 2.84. The Labute approximate surface area is 86.4 Å². The zero-order chi connectivity index (χ0) is 9.38. The summed E-state index contributed by atoms with van der Waals surface area (Å²) >= 11 is 0. The minimum atomic E-state index is 0.940. The Kier molecular flexibility index (Phi) is 2.48. The third-order valence-corrected chi connectivity index (χ3v) is 4.13. The molecule has 1 saturated carbocycles. The normalized spacial score (nSPS) is 48.0. The summed E-state index contributed by atoms with van der Waals surface area (Å²) in [6.45, 7) is 9.23. The highest BCUT2D eigenvalue weighted by molar-refractivity contribution is 4.93. The molecule has 6 aliphatic rings. The maximum atomic E-state index is 3.39. The highest BCUT2D eigenvalue weighted by atomic mass is 15.3. The van der Waals surface area contributed by atoms with E-state index >= 15 is 0 Å². The summed E-state index contributed by atoms with van der Waals surface area (Å²) in [6, 6.07) is 0.940. The summed E-state index contributed by atoms with van der Waals surface area (Å²) in [5, 5.41) is 3.39. The molecule has 0 aromatic heterocycles. The van der Waals surface area contributed by atoms with Crippen molar-refractivity contribution in [1.29, 1.82) is 0 Å². The van der Waals surface area contributed by atoms with E-state index in [1.54, 1.807) is 0 Å². The molecule has 5 aliphatic heterocycles. The lowest BCUT2D eigenvalue weighted by atomic mass is 9.87. The number of rotatable bonds is 0. The van der Waals surface area contributed by atoms with E-state index in [0.717, 1.165) is 12.0 Å². The molecule has 14 heavy (non-hydrogen) atoms.